The van der Waals surface area contributed by atoms with Crippen LogP contribution in [0.2, 0.25) is 0 Å². The molecule has 0 atom stereocenters. The van der Waals surface area contributed by atoms with Crippen LogP contribution in [0.1, 0.15) is 94.3 Å². The summed E-state index contributed by atoms with van der Waals surface area (Å²) >= 11 is 0. The SMILES string of the molecule is O=C(COc1ccc(C(=O)/C=C/[C]2[CH][CH][CH][CH]2)cc1)OCCCCCCO[Si]1(OCCCCCCOC(=O)COc2ccc(C(=O)/C=C/[C]3[CH][CH][CH][CH]3)cc2)n2c3c4ccccc4c2N=C2N=C(N=c4c5ccccc5c(n41)=NC1=NC(=N3)c3ccccc31)c1ccccc12. The highest BCUT2D eigenvalue weighted by Gasteiger charge is 2.53. The lowest BCUT2D eigenvalue weighted by atomic mass is 10.1. The van der Waals surface area contributed by atoms with Gasteiger partial charge in [-0.3, -0.25) is 18.1 Å². The van der Waals surface area contributed by atoms with E-state index >= 15 is 0 Å². The van der Waals surface area contributed by atoms with Gasteiger partial charge in [0.15, 0.2) is 48.1 Å². The molecule has 19 heteroatoms. The van der Waals surface area contributed by atoms with Crippen molar-refractivity contribution in [3.8, 4) is 11.5 Å². The van der Waals surface area contributed by atoms with Crippen LogP contribution in [0.4, 0.5) is 11.6 Å². The van der Waals surface area contributed by atoms with Gasteiger partial charge in [-0.2, -0.15) is 0 Å². The molecular weight excluding hydrogens is 1210 g/mol. The molecule has 14 rings (SSSR count). The summed E-state index contributed by atoms with van der Waals surface area (Å²) in [5.41, 5.74) is 5.41. The van der Waals surface area contributed by atoms with E-state index in [-0.39, 0.29) is 51.2 Å². The largest absolute Gasteiger partial charge is 0.603 e. The van der Waals surface area contributed by atoms with Crippen LogP contribution in [0.5, 0.6) is 11.5 Å². The molecule has 2 saturated carbocycles. The molecule has 18 nitrogen and oxygen atoms in total. The summed E-state index contributed by atoms with van der Waals surface area (Å²) in [5, 5.41) is 3.22. The van der Waals surface area contributed by atoms with Gasteiger partial charge in [-0.1, -0.05) is 122 Å². The lowest BCUT2D eigenvalue weighted by molar-refractivity contribution is -0.147. The molecule has 6 bridgehead atoms. The highest BCUT2D eigenvalue weighted by molar-refractivity contribution is 6.66. The summed E-state index contributed by atoms with van der Waals surface area (Å²) in [5.74, 6) is 4.55. The Hall–Kier alpha value is -9.82. The van der Waals surface area contributed by atoms with E-state index in [4.69, 9.17) is 57.8 Å². The molecule has 8 aromatic rings. The zero-order valence-electron chi connectivity index (χ0n) is 51.8. The number of aromatic nitrogens is 2. The van der Waals surface area contributed by atoms with E-state index in [1.165, 1.54) is 12.2 Å². The summed E-state index contributed by atoms with van der Waals surface area (Å²) in [6.45, 7) is 0.320. The number of hydrogen-bond donors (Lipinski definition) is 0. The van der Waals surface area contributed by atoms with Crippen LogP contribution in [-0.2, 0) is 27.9 Å². The fourth-order valence-corrected chi connectivity index (χ4v) is 15.3. The average molecular weight is 1280 g/mol. The van der Waals surface area contributed by atoms with Gasteiger partial charge in [0.05, 0.1) is 13.2 Å². The molecule has 10 radical (unpaired) electrons. The van der Waals surface area contributed by atoms with E-state index in [2.05, 4.69) is 8.47 Å². The molecule has 0 unspecified atom stereocenters. The number of amidine groups is 4. The number of unbranched alkanes of at least 4 members (excludes halogenated alkanes) is 6. The molecule has 6 aliphatic rings. The van der Waals surface area contributed by atoms with E-state index in [9.17, 15) is 19.2 Å². The lowest BCUT2D eigenvalue weighted by Crippen LogP contribution is -2.64. The molecule has 6 aromatic carbocycles. The van der Waals surface area contributed by atoms with E-state index in [1.807, 2.05) is 148 Å². The fourth-order valence-electron chi connectivity index (χ4n) is 12.0. The highest BCUT2D eigenvalue weighted by atomic mass is 28.4. The van der Waals surface area contributed by atoms with Crippen LogP contribution in [0.3, 0.4) is 0 Å². The number of hydrogen-bond acceptors (Lipinski definition) is 16. The number of allylic oxidation sites excluding steroid dienone is 4. The molecule has 0 saturated heterocycles. The number of nitrogens with zero attached hydrogens (tertiary/aromatic N) is 8. The monoisotopic (exact) mass is 1280 g/mol. The fraction of sp³-hybridized carbons (Fsp3) is 0.184. The number of aliphatic imine (C=N–C) groups is 4. The highest BCUT2D eigenvalue weighted by Crippen LogP contribution is 2.44. The third kappa shape index (κ3) is 13.6. The zero-order valence-corrected chi connectivity index (χ0v) is 52.8. The Morgan fingerprint density at radius 1 is 0.379 bits per heavy atom. The summed E-state index contributed by atoms with van der Waals surface area (Å²) in [6.07, 6.45) is 27.3. The van der Waals surface area contributed by atoms with Gasteiger partial charge in [0.2, 0.25) is 0 Å². The summed E-state index contributed by atoms with van der Waals surface area (Å²) < 4.78 is 42.3. The average Bonchev–Trinajstić information content (AvgIpc) is 1.54. The van der Waals surface area contributed by atoms with Gasteiger partial charge >= 0.3 is 20.8 Å². The van der Waals surface area contributed by atoms with Crippen LogP contribution in [0.25, 0.3) is 21.5 Å². The summed E-state index contributed by atoms with van der Waals surface area (Å²) in [4.78, 5) is 83.9. The van der Waals surface area contributed by atoms with Crippen molar-refractivity contribution in [1.82, 2.24) is 8.47 Å². The third-order valence-corrected chi connectivity index (χ3v) is 19.9. The molecule has 0 spiro atoms. The van der Waals surface area contributed by atoms with E-state index in [0.717, 1.165) is 81.3 Å². The van der Waals surface area contributed by atoms with Crippen molar-refractivity contribution in [2.24, 2.45) is 30.0 Å². The number of carbonyl (C=O) groups is 4. The van der Waals surface area contributed by atoms with Gasteiger partial charge in [0.1, 0.15) is 34.1 Å². The molecule has 95 heavy (non-hydrogen) atoms. The predicted octanol–water partition coefficient (Wildman–Crippen LogP) is 12.1. The van der Waals surface area contributed by atoms with E-state index < -0.39 is 20.8 Å². The maximum absolute atomic E-state index is 12.9. The van der Waals surface area contributed by atoms with Crippen molar-refractivity contribution < 1.29 is 47.0 Å². The predicted molar refractivity (Wildman–Crippen MR) is 364 cm³/mol. The van der Waals surface area contributed by atoms with Crippen LogP contribution in [-0.4, -0.2) is 104 Å². The Morgan fingerprint density at radius 3 is 1.14 bits per heavy atom. The van der Waals surface area contributed by atoms with Gasteiger partial charge in [0.25, 0.3) is 0 Å². The number of ether oxygens (including phenoxy) is 4. The minimum absolute atomic E-state index is 0.136. The van der Waals surface area contributed by atoms with Crippen molar-refractivity contribution in [2.75, 3.05) is 39.6 Å². The quantitative estimate of drug-likeness (QED) is 0.0149. The number of ketones is 2. The van der Waals surface area contributed by atoms with Crippen molar-refractivity contribution in [3.63, 3.8) is 0 Å². The van der Waals surface area contributed by atoms with E-state index in [0.29, 0.717) is 94.3 Å². The third-order valence-electron chi connectivity index (χ3n) is 16.7. The standard InChI is InChI=1S/C76H64N8O10Si/c85-65(43-33-51-21-5-6-22-51)53-35-39-55(40-36-53)91-49-67(87)89-45-17-1-3-19-47-93-95(94-48-20-4-2-18-46-90-68(88)50-92-56-41-37-54(38-42-56)66(86)44-34-52-23-7-8-24-52)83-73-61-29-13-14-30-62(61)75(83)81-71-59-27-11-12-28-60(59)72(78-71)82-76-64-32-16-15-31-63(64)74(84(76)95)80-70-58-26-10-9-25-57(58)69(77-70)79-73/h5-16,21-44H,1-4,17-20,45-50H2/b43-33+,44-34+,79-69?,79-73?,80-70?,80-74?,81-71?,81-75?,82-72?,82-76?. The van der Waals surface area contributed by atoms with Crippen molar-refractivity contribution in [3.05, 3.63) is 277 Å². The minimum Gasteiger partial charge on any atom is -0.482 e. The van der Waals surface area contributed by atoms with Gasteiger partial charge in [-0.15, -0.1) is 0 Å². The Morgan fingerprint density at radius 2 is 0.737 bits per heavy atom. The molecule has 2 aromatic heterocycles. The van der Waals surface area contributed by atoms with Crippen LogP contribution in [0, 0.1) is 63.2 Å². The second-order valence-corrected chi connectivity index (χ2v) is 25.7. The molecule has 0 N–H and O–H groups in total. The first kappa shape index (κ1) is 62.6. The van der Waals surface area contributed by atoms with Crippen LogP contribution < -0.4 is 20.4 Å². The smallest absolute Gasteiger partial charge is 0.482 e. The lowest BCUT2D eigenvalue weighted by Gasteiger charge is -2.33. The number of esters is 2. The van der Waals surface area contributed by atoms with Gasteiger partial charge < -0.3 is 27.8 Å². The zero-order chi connectivity index (χ0) is 64.5. The molecule has 2 fully saturated rings. The van der Waals surface area contributed by atoms with Crippen molar-refractivity contribution in [1.29, 1.82) is 0 Å². The van der Waals surface area contributed by atoms with Gasteiger partial charge in [-0.25, -0.2) is 39.5 Å². The molecule has 472 valence electrons. The number of fused-ring (bicyclic) bond motifs is 14. The number of rotatable bonds is 28. The van der Waals surface area contributed by atoms with Crippen molar-refractivity contribution >= 4 is 88.9 Å². The Bertz CT molecular complexity index is 4290. The molecule has 4 aliphatic heterocycles. The molecule has 0 amide bonds. The summed E-state index contributed by atoms with van der Waals surface area (Å²) in [6, 6.07) is 45.5. The maximum Gasteiger partial charge on any atom is 0.603 e. The Labute approximate surface area is 551 Å². The topological polar surface area (TPSA) is 208 Å². The normalized spacial score (nSPS) is 16.0. The van der Waals surface area contributed by atoms with Crippen LogP contribution in [0.15, 0.2) is 200 Å². The molecule has 2 aliphatic carbocycles. The Kier molecular flexibility index (Phi) is 19.0. The second-order valence-electron chi connectivity index (χ2n) is 23.1. The van der Waals surface area contributed by atoms with Crippen LogP contribution >= 0.6 is 0 Å². The molecule has 6 heterocycles. The molecular formula is C76H64N8O10Si. The minimum atomic E-state index is -4.40. The summed E-state index contributed by atoms with van der Waals surface area (Å²) in [7, 11) is -4.40. The maximum atomic E-state index is 12.9. The first-order valence-corrected chi connectivity index (χ1v) is 33.6. The first-order valence-electron chi connectivity index (χ1n) is 31.9. The van der Waals surface area contributed by atoms with Gasteiger partial charge in [-0.05, 0) is 151 Å². The number of carbonyl (C=O) groups excluding carboxylic acids is 4. The van der Waals surface area contributed by atoms with E-state index in [1.54, 1.807) is 60.7 Å². The first-order chi connectivity index (χ1) is 46.7. The van der Waals surface area contributed by atoms with Crippen molar-refractivity contribution in [2.45, 2.75) is 51.4 Å². The second kappa shape index (κ2) is 28.8. The van der Waals surface area contributed by atoms with Gasteiger partial charge in [0, 0.05) is 80.0 Å². The Balaban J connectivity index is 0.708. The number of benzene rings is 6.